The van der Waals surface area contributed by atoms with Crippen molar-refractivity contribution in [3.8, 4) is 5.75 Å². The maximum Gasteiger partial charge on any atom is 0.290 e. The van der Waals surface area contributed by atoms with Gasteiger partial charge in [0.15, 0.2) is 5.76 Å². The molecule has 1 aromatic carbocycles. The van der Waals surface area contributed by atoms with Gasteiger partial charge in [-0.2, -0.15) is 0 Å². The van der Waals surface area contributed by atoms with Gasteiger partial charge < -0.3 is 14.7 Å². The molecule has 1 aliphatic rings. The zero-order valence-electron chi connectivity index (χ0n) is 17.0. The minimum absolute atomic E-state index is 0.0959. The van der Waals surface area contributed by atoms with Gasteiger partial charge in [-0.25, -0.2) is 0 Å². The van der Waals surface area contributed by atoms with Crippen molar-refractivity contribution in [1.29, 1.82) is 0 Å². The van der Waals surface area contributed by atoms with Gasteiger partial charge in [0.2, 0.25) is 5.78 Å². The molecule has 0 aliphatic carbocycles. The van der Waals surface area contributed by atoms with E-state index in [1.807, 2.05) is 37.3 Å². The van der Waals surface area contributed by atoms with Crippen LogP contribution in [-0.2, 0) is 11.3 Å². The summed E-state index contributed by atoms with van der Waals surface area (Å²) in [5, 5.41) is 12.5. The molecular weight excluding hydrogens is 412 g/mol. The number of aliphatic hydroxyl groups is 1. The van der Waals surface area contributed by atoms with Gasteiger partial charge in [-0.3, -0.25) is 14.6 Å². The molecule has 0 bridgehead atoms. The average molecular weight is 435 g/mol. The number of ether oxygens (including phenoxy) is 1. The number of Topliss-reactive ketones (excluding diaryl/α,β-unsaturated/α-hetero) is 1. The molecule has 7 heteroatoms. The minimum Gasteiger partial charge on any atom is -0.503 e. The molecule has 31 heavy (non-hydrogen) atoms. The fourth-order valence-electron chi connectivity index (χ4n) is 3.59. The number of aliphatic hydroxyl groups excluding tert-OH is 1. The molecule has 0 radical (unpaired) electrons. The lowest BCUT2D eigenvalue weighted by molar-refractivity contribution is -0.130. The first kappa shape index (κ1) is 20.8. The van der Waals surface area contributed by atoms with Gasteiger partial charge >= 0.3 is 0 Å². The summed E-state index contributed by atoms with van der Waals surface area (Å²) in [5.74, 6) is -0.697. The van der Waals surface area contributed by atoms with E-state index in [2.05, 4.69) is 4.98 Å². The van der Waals surface area contributed by atoms with Gasteiger partial charge in [-0.15, -0.1) is 11.3 Å². The van der Waals surface area contributed by atoms with Crippen LogP contribution in [0.4, 0.5) is 0 Å². The summed E-state index contributed by atoms with van der Waals surface area (Å²) >= 11 is 1.28. The first-order chi connectivity index (χ1) is 15.1. The van der Waals surface area contributed by atoms with Crippen LogP contribution in [0.2, 0.25) is 0 Å². The fraction of sp³-hybridized carbons (Fsp3) is 0.208. The van der Waals surface area contributed by atoms with Crippen molar-refractivity contribution in [2.24, 2.45) is 0 Å². The molecule has 158 valence electrons. The Morgan fingerprint density at radius 3 is 2.65 bits per heavy atom. The quantitative estimate of drug-likeness (QED) is 0.520. The van der Waals surface area contributed by atoms with Gasteiger partial charge in [0, 0.05) is 18.9 Å². The lowest BCUT2D eigenvalue weighted by Crippen LogP contribution is -2.30. The maximum absolute atomic E-state index is 13.2. The number of thiophene rings is 1. The number of carbonyl (C=O) groups excluding carboxylic acids is 2. The lowest BCUT2D eigenvalue weighted by Gasteiger charge is -2.27. The Morgan fingerprint density at radius 2 is 2.00 bits per heavy atom. The summed E-state index contributed by atoms with van der Waals surface area (Å²) in [7, 11) is 0. The van der Waals surface area contributed by atoms with Gasteiger partial charge in [0.05, 0.1) is 23.1 Å². The Morgan fingerprint density at radius 1 is 1.19 bits per heavy atom. The standard InChI is InChI=1S/C24H22N2O4S/c1-2-12-30-18-9-7-17(8-10-18)21-20(22(27)19-6-4-13-31-19)23(28)24(29)26(21)15-16-5-3-11-25-14-16/h3-11,13-14,21,28H,2,12,15H2,1H3. The molecule has 0 saturated carbocycles. The number of benzene rings is 1. The van der Waals surface area contributed by atoms with Crippen LogP contribution in [-0.4, -0.2) is 33.3 Å². The highest BCUT2D eigenvalue weighted by atomic mass is 32.1. The normalized spacial score (nSPS) is 16.1. The number of carbonyl (C=O) groups is 2. The lowest BCUT2D eigenvalue weighted by atomic mass is 9.95. The molecule has 1 aliphatic heterocycles. The van der Waals surface area contributed by atoms with E-state index in [0.717, 1.165) is 17.5 Å². The highest BCUT2D eigenvalue weighted by molar-refractivity contribution is 7.12. The predicted octanol–water partition coefficient (Wildman–Crippen LogP) is 4.71. The van der Waals surface area contributed by atoms with Crippen molar-refractivity contribution in [3.05, 3.63) is 93.6 Å². The molecule has 2 aromatic heterocycles. The van der Waals surface area contributed by atoms with E-state index in [-0.39, 0.29) is 17.9 Å². The van der Waals surface area contributed by atoms with E-state index in [1.165, 1.54) is 16.2 Å². The monoisotopic (exact) mass is 434 g/mol. The number of amides is 1. The van der Waals surface area contributed by atoms with E-state index >= 15 is 0 Å². The van der Waals surface area contributed by atoms with Crippen LogP contribution in [0.1, 0.15) is 40.2 Å². The number of hydrogen-bond donors (Lipinski definition) is 1. The van der Waals surface area contributed by atoms with E-state index in [0.29, 0.717) is 17.2 Å². The molecule has 0 saturated heterocycles. The maximum atomic E-state index is 13.2. The van der Waals surface area contributed by atoms with Gasteiger partial charge in [-0.05, 0) is 47.2 Å². The van der Waals surface area contributed by atoms with Gasteiger partial charge in [0.1, 0.15) is 5.75 Å². The smallest absolute Gasteiger partial charge is 0.290 e. The van der Waals surface area contributed by atoms with Gasteiger partial charge in [0.25, 0.3) is 5.91 Å². The average Bonchev–Trinajstić information content (AvgIpc) is 3.42. The van der Waals surface area contributed by atoms with E-state index in [9.17, 15) is 14.7 Å². The molecule has 4 rings (SSSR count). The summed E-state index contributed by atoms with van der Waals surface area (Å²) in [6.07, 6.45) is 4.22. The van der Waals surface area contributed by atoms with E-state index in [1.54, 1.807) is 36.0 Å². The minimum atomic E-state index is -0.706. The van der Waals surface area contributed by atoms with Crippen molar-refractivity contribution < 1.29 is 19.4 Å². The first-order valence-electron chi connectivity index (χ1n) is 10.0. The van der Waals surface area contributed by atoms with E-state index < -0.39 is 17.7 Å². The summed E-state index contributed by atoms with van der Waals surface area (Å²) in [6, 6.07) is 13.7. The zero-order chi connectivity index (χ0) is 21.8. The van der Waals surface area contributed by atoms with Crippen LogP contribution in [0.25, 0.3) is 0 Å². The number of aromatic nitrogens is 1. The largest absolute Gasteiger partial charge is 0.503 e. The number of ketones is 1. The molecule has 1 atom stereocenters. The number of pyridine rings is 1. The predicted molar refractivity (Wildman–Crippen MR) is 118 cm³/mol. The highest BCUT2D eigenvalue weighted by Gasteiger charge is 2.44. The third-order valence-corrected chi connectivity index (χ3v) is 5.91. The molecule has 1 unspecified atom stereocenters. The first-order valence-corrected chi connectivity index (χ1v) is 10.9. The number of rotatable bonds is 8. The molecule has 1 N–H and O–H groups in total. The Bertz CT molecular complexity index is 1090. The highest BCUT2D eigenvalue weighted by Crippen LogP contribution is 2.40. The van der Waals surface area contributed by atoms with Crippen molar-refractivity contribution >= 4 is 23.0 Å². The second kappa shape index (κ2) is 9.14. The second-order valence-corrected chi connectivity index (χ2v) is 8.13. The Kier molecular flexibility index (Phi) is 6.13. The third kappa shape index (κ3) is 4.22. The molecular formula is C24H22N2O4S. The SMILES string of the molecule is CCCOc1ccc(C2C(C(=O)c3cccs3)=C(O)C(=O)N2Cc2cccnc2)cc1. The van der Waals surface area contributed by atoms with Crippen LogP contribution in [0.15, 0.2) is 77.6 Å². The topological polar surface area (TPSA) is 79.7 Å². The molecule has 6 nitrogen and oxygen atoms in total. The van der Waals surface area contributed by atoms with Crippen molar-refractivity contribution in [2.45, 2.75) is 25.9 Å². The van der Waals surface area contributed by atoms with Crippen LogP contribution in [0.3, 0.4) is 0 Å². The third-order valence-electron chi connectivity index (χ3n) is 5.04. The summed E-state index contributed by atoms with van der Waals surface area (Å²) in [6.45, 7) is 2.86. The summed E-state index contributed by atoms with van der Waals surface area (Å²) in [4.78, 5) is 32.3. The van der Waals surface area contributed by atoms with E-state index in [4.69, 9.17) is 4.74 Å². The summed E-state index contributed by atoms with van der Waals surface area (Å²) < 4.78 is 5.66. The van der Waals surface area contributed by atoms with Crippen molar-refractivity contribution in [1.82, 2.24) is 9.88 Å². The number of nitrogens with zero attached hydrogens (tertiary/aromatic N) is 2. The molecule has 1 amide bonds. The second-order valence-electron chi connectivity index (χ2n) is 7.18. The van der Waals surface area contributed by atoms with Crippen LogP contribution in [0.5, 0.6) is 5.75 Å². The van der Waals surface area contributed by atoms with Crippen molar-refractivity contribution in [3.63, 3.8) is 0 Å². The van der Waals surface area contributed by atoms with Crippen LogP contribution < -0.4 is 4.74 Å². The van der Waals surface area contributed by atoms with Crippen molar-refractivity contribution in [2.75, 3.05) is 6.61 Å². The van der Waals surface area contributed by atoms with Gasteiger partial charge in [-0.1, -0.05) is 31.2 Å². The fourth-order valence-corrected chi connectivity index (χ4v) is 4.27. The summed E-state index contributed by atoms with van der Waals surface area (Å²) in [5.41, 5.74) is 1.63. The molecule has 0 fully saturated rings. The molecule has 3 aromatic rings. The Hall–Kier alpha value is -3.45. The van der Waals surface area contributed by atoms with Crippen LogP contribution >= 0.6 is 11.3 Å². The number of hydrogen-bond acceptors (Lipinski definition) is 6. The van der Waals surface area contributed by atoms with Crippen LogP contribution in [0, 0.1) is 0 Å². The molecule has 3 heterocycles. The zero-order valence-corrected chi connectivity index (χ0v) is 17.8. The Balaban J connectivity index is 1.73. The molecule has 0 spiro atoms. The Labute approximate surface area is 184 Å².